The van der Waals surface area contributed by atoms with Gasteiger partial charge in [0.05, 0.1) is 0 Å². The van der Waals surface area contributed by atoms with Crippen molar-refractivity contribution in [1.82, 2.24) is 5.32 Å². The third-order valence-corrected chi connectivity index (χ3v) is 4.39. The smallest absolute Gasteiger partial charge is 0.0459 e. The Balaban J connectivity index is 2.27. The molecule has 1 N–H and O–H groups in total. The molecule has 0 atom stereocenters. The van der Waals surface area contributed by atoms with Crippen molar-refractivity contribution in [3.63, 3.8) is 0 Å². The number of benzene rings is 1. The van der Waals surface area contributed by atoms with Gasteiger partial charge in [-0.05, 0) is 51.3 Å². The lowest BCUT2D eigenvalue weighted by atomic mass is 9.64. The summed E-state index contributed by atoms with van der Waals surface area (Å²) in [5.41, 5.74) is 1.38. The average molecular weight is 286 g/mol. The molecule has 3 heteroatoms. The van der Waals surface area contributed by atoms with Gasteiger partial charge in [-0.2, -0.15) is 0 Å². The summed E-state index contributed by atoms with van der Waals surface area (Å²) < 4.78 is 0. The summed E-state index contributed by atoms with van der Waals surface area (Å²) in [5, 5.41) is 5.21. The molecule has 0 heterocycles. The maximum atomic E-state index is 6.36. The molecule has 18 heavy (non-hydrogen) atoms. The zero-order chi connectivity index (χ0) is 13.4. The van der Waals surface area contributed by atoms with Crippen molar-refractivity contribution in [2.75, 3.05) is 6.54 Å². The Hall–Kier alpha value is -0.240. The second-order valence-corrected chi connectivity index (χ2v) is 7.15. The molecule has 0 spiro atoms. The van der Waals surface area contributed by atoms with Crippen LogP contribution in [-0.4, -0.2) is 12.1 Å². The van der Waals surface area contributed by atoms with E-state index in [0.717, 1.165) is 22.2 Å². The fraction of sp³-hybridized carbons (Fsp3) is 0.600. The van der Waals surface area contributed by atoms with Gasteiger partial charge in [-0.25, -0.2) is 0 Å². The number of hydrogen-bond donors (Lipinski definition) is 1. The van der Waals surface area contributed by atoms with Crippen LogP contribution in [-0.2, 0) is 5.41 Å². The Labute approximate surface area is 120 Å². The molecular weight excluding hydrogens is 265 g/mol. The van der Waals surface area contributed by atoms with E-state index in [-0.39, 0.29) is 11.0 Å². The van der Waals surface area contributed by atoms with E-state index >= 15 is 0 Å². The van der Waals surface area contributed by atoms with Crippen molar-refractivity contribution in [2.45, 2.75) is 51.0 Å². The monoisotopic (exact) mass is 285 g/mol. The molecule has 0 radical (unpaired) electrons. The summed E-state index contributed by atoms with van der Waals surface area (Å²) in [4.78, 5) is 0. The normalized spacial score (nSPS) is 18.5. The van der Waals surface area contributed by atoms with E-state index in [2.05, 4.69) is 26.1 Å². The molecule has 0 amide bonds. The van der Waals surface area contributed by atoms with Crippen molar-refractivity contribution in [3.05, 3.63) is 33.8 Å². The molecule has 1 aliphatic rings. The third kappa shape index (κ3) is 2.84. The molecule has 1 saturated carbocycles. The molecule has 0 aliphatic heterocycles. The number of halogens is 2. The Bertz CT molecular complexity index is 410. The highest BCUT2D eigenvalue weighted by molar-refractivity contribution is 6.36. The predicted octanol–water partition coefficient (Wildman–Crippen LogP) is 4.80. The number of hydrogen-bond acceptors (Lipinski definition) is 1. The van der Waals surface area contributed by atoms with Crippen LogP contribution in [0.5, 0.6) is 0 Å². The molecule has 0 aromatic heterocycles. The molecule has 1 aromatic carbocycles. The topological polar surface area (TPSA) is 12.0 Å². The van der Waals surface area contributed by atoms with Crippen molar-refractivity contribution in [2.24, 2.45) is 0 Å². The van der Waals surface area contributed by atoms with Crippen LogP contribution in [0.1, 0.15) is 45.6 Å². The molecule has 0 unspecified atom stereocenters. The van der Waals surface area contributed by atoms with Crippen LogP contribution < -0.4 is 5.32 Å². The van der Waals surface area contributed by atoms with E-state index in [4.69, 9.17) is 23.2 Å². The number of rotatable bonds is 3. The predicted molar refractivity (Wildman–Crippen MR) is 79.7 cm³/mol. The highest BCUT2D eigenvalue weighted by Gasteiger charge is 2.41. The molecular formula is C15H21Cl2N. The zero-order valence-electron chi connectivity index (χ0n) is 11.3. The lowest BCUT2D eigenvalue weighted by Gasteiger charge is -2.45. The highest BCUT2D eigenvalue weighted by Crippen LogP contribution is 2.48. The van der Waals surface area contributed by atoms with Crippen molar-refractivity contribution in [1.29, 1.82) is 0 Å². The van der Waals surface area contributed by atoms with Gasteiger partial charge >= 0.3 is 0 Å². The van der Waals surface area contributed by atoms with Crippen LogP contribution in [0.4, 0.5) is 0 Å². The largest absolute Gasteiger partial charge is 0.311 e. The van der Waals surface area contributed by atoms with E-state index in [1.807, 2.05) is 18.2 Å². The Morgan fingerprint density at radius 1 is 1.17 bits per heavy atom. The van der Waals surface area contributed by atoms with Crippen LogP contribution in [0.2, 0.25) is 10.0 Å². The minimum atomic E-state index is 0.121. The fourth-order valence-electron chi connectivity index (χ4n) is 2.56. The maximum Gasteiger partial charge on any atom is 0.0459 e. The first kappa shape index (κ1) is 14.2. The molecule has 1 nitrogen and oxygen atoms in total. The van der Waals surface area contributed by atoms with E-state index in [0.29, 0.717) is 0 Å². The summed E-state index contributed by atoms with van der Waals surface area (Å²) >= 11 is 12.7. The van der Waals surface area contributed by atoms with Gasteiger partial charge in [0.25, 0.3) is 0 Å². The molecule has 1 aromatic rings. The first-order valence-electron chi connectivity index (χ1n) is 6.54. The Morgan fingerprint density at radius 3 is 2.11 bits per heavy atom. The Kier molecular flexibility index (Phi) is 3.96. The molecule has 2 rings (SSSR count). The summed E-state index contributed by atoms with van der Waals surface area (Å²) in [6.07, 6.45) is 3.59. The van der Waals surface area contributed by atoms with Crippen molar-refractivity contribution < 1.29 is 0 Å². The molecule has 0 bridgehead atoms. The molecule has 100 valence electrons. The lowest BCUT2D eigenvalue weighted by molar-refractivity contribution is 0.213. The van der Waals surface area contributed by atoms with Gasteiger partial charge in [0.1, 0.15) is 0 Å². The summed E-state index contributed by atoms with van der Waals surface area (Å²) in [5.74, 6) is 0. The van der Waals surface area contributed by atoms with E-state index in [1.54, 1.807) is 0 Å². The van der Waals surface area contributed by atoms with Gasteiger partial charge in [0.2, 0.25) is 0 Å². The Morgan fingerprint density at radius 2 is 1.72 bits per heavy atom. The second kappa shape index (κ2) is 5.03. The molecule has 1 aliphatic carbocycles. The van der Waals surface area contributed by atoms with Crippen molar-refractivity contribution in [3.8, 4) is 0 Å². The summed E-state index contributed by atoms with van der Waals surface area (Å²) in [7, 11) is 0. The quantitative estimate of drug-likeness (QED) is 0.841. The van der Waals surface area contributed by atoms with Crippen molar-refractivity contribution >= 4 is 23.2 Å². The van der Waals surface area contributed by atoms with Crippen LogP contribution >= 0.6 is 23.2 Å². The van der Waals surface area contributed by atoms with E-state index < -0.39 is 0 Å². The maximum absolute atomic E-state index is 6.36. The second-order valence-electron chi connectivity index (χ2n) is 6.33. The van der Waals surface area contributed by atoms with Crippen LogP contribution in [0.15, 0.2) is 18.2 Å². The van der Waals surface area contributed by atoms with Crippen LogP contribution in [0.25, 0.3) is 0 Å². The summed E-state index contributed by atoms with van der Waals surface area (Å²) in [6, 6.07) is 5.80. The van der Waals surface area contributed by atoms with Crippen LogP contribution in [0, 0.1) is 0 Å². The average Bonchev–Trinajstić information content (AvgIpc) is 2.18. The van der Waals surface area contributed by atoms with Gasteiger partial charge in [0, 0.05) is 27.5 Å². The third-order valence-electron chi connectivity index (χ3n) is 3.76. The first-order chi connectivity index (χ1) is 8.34. The van der Waals surface area contributed by atoms with E-state index in [1.165, 1.54) is 19.3 Å². The fourth-order valence-corrected chi connectivity index (χ4v) is 3.36. The van der Waals surface area contributed by atoms with Gasteiger partial charge < -0.3 is 5.32 Å². The van der Waals surface area contributed by atoms with Gasteiger partial charge in [0.15, 0.2) is 0 Å². The van der Waals surface area contributed by atoms with E-state index in [9.17, 15) is 0 Å². The van der Waals surface area contributed by atoms with Gasteiger partial charge in [-0.1, -0.05) is 35.7 Å². The lowest BCUT2D eigenvalue weighted by Crippen LogP contribution is -2.49. The minimum Gasteiger partial charge on any atom is -0.311 e. The molecule has 1 fully saturated rings. The highest BCUT2D eigenvalue weighted by atomic mass is 35.5. The first-order valence-corrected chi connectivity index (χ1v) is 7.29. The van der Waals surface area contributed by atoms with Crippen LogP contribution in [0.3, 0.4) is 0 Å². The van der Waals surface area contributed by atoms with Gasteiger partial charge in [-0.15, -0.1) is 0 Å². The summed E-state index contributed by atoms with van der Waals surface area (Å²) in [6.45, 7) is 7.51. The standard InChI is InChI=1S/C15H21Cl2N/c1-14(2,3)18-10-15(8-5-9-15)13-11(16)6-4-7-12(13)17/h4,6-7,18H,5,8-10H2,1-3H3. The minimum absolute atomic E-state index is 0.121. The SMILES string of the molecule is CC(C)(C)NCC1(c2c(Cl)cccc2Cl)CCC1. The molecule has 0 saturated heterocycles. The van der Waals surface area contributed by atoms with Gasteiger partial charge in [-0.3, -0.25) is 0 Å². The number of nitrogens with one attached hydrogen (secondary N) is 1. The zero-order valence-corrected chi connectivity index (χ0v) is 12.8.